The molecule has 0 aromatic heterocycles. The molecule has 1 aliphatic rings. The molecule has 2 aromatic rings. The van der Waals surface area contributed by atoms with Crippen molar-refractivity contribution in [3.8, 4) is 5.75 Å². The van der Waals surface area contributed by atoms with E-state index in [0.717, 1.165) is 12.1 Å². The fraction of sp³-hybridized carbons (Fsp3) is 0.364. The smallest absolute Gasteiger partial charge is 0.240 e. The summed E-state index contributed by atoms with van der Waals surface area (Å²) < 4.78 is 32.1. The van der Waals surface area contributed by atoms with Crippen molar-refractivity contribution in [1.29, 1.82) is 0 Å². The number of nitrogens with zero attached hydrogens (tertiary/aromatic N) is 1. The van der Waals surface area contributed by atoms with E-state index in [0.29, 0.717) is 12.3 Å². The highest BCUT2D eigenvalue weighted by Crippen LogP contribution is 2.25. The first kappa shape index (κ1) is 22.8. The molecule has 2 amide bonds. The number of nitrogens with one attached hydrogen (secondary N) is 2. The summed E-state index contributed by atoms with van der Waals surface area (Å²) in [5.74, 6) is -0.251. The minimum atomic E-state index is -3.68. The van der Waals surface area contributed by atoms with Crippen molar-refractivity contribution in [2.45, 2.75) is 24.7 Å². The monoisotopic (exact) mass is 445 g/mol. The molecule has 0 radical (unpaired) electrons. The third-order valence-corrected chi connectivity index (χ3v) is 6.72. The summed E-state index contributed by atoms with van der Waals surface area (Å²) in [5.41, 5.74) is 1.96. The second-order valence-electron chi connectivity index (χ2n) is 7.29. The third kappa shape index (κ3) is 5.62. The predicted octanol–water partition coefficient (Wildman–Crippen LogP) is 1.71. The van der Waals surface area contributed by atoms with Gasteiger partial charge >= 0.3 is 0 Å². The van der Waals surface area contributed by atoms with E-state index in [4.69, 9.17) is 4.74 Å². The molecule has 1 fully saturated rings. The van der Waals surface area contributed by atoms with Crippen molar-refractivity contribution in [1.82, 2.24) is 10.0 Å². The average molecular weight is 446 g/mol. The van der Waals surface area contributed by atoms with Crippen molar-refractivity contribution < 1.29 is 22.7 Å². The molecule has 0 spiro atoms. The van der Waals surface area contributed by atoms with Crippen LogP contribution >= 0.6 is 0 Å². The van der Waals surface area contributed by atoms with E-state index in [1.807, 2.05) is 24.3 Å². The Hall–Kier alpha value is -2.91. The van der Waals surface area contributed by atoms with E-state index >= 15 is 0 Å². The Bertz CT molecular complexity index is 1020. The standard InChI is InChI=1S/C22H27N3O5S/c1-3-16-4-6-18(7-5-16)25-15-17(14-21(25)26)22(27)23-12-13-24-31(28,29)20-10-8-19(30-2)9-11-20/h4-11,17,24H,3,12-15H2,1-2H3,(H,23,27). The van der Waals surface area contributed by atoms with Crippen LogP contribution in [0, 0.1) is 5.92 Å². The van der Waals surface area contributed by atoms with E-state index in [2.05, 4.69) is 17.0 Å². The highest BCUT2D eigenvalue weighted by Gasteiger charge is 2.34. The molecule has 2 N–H and O–H groups in total. The summed E-state index contributed by atoms with van der Waals surface area (Å²) >= 11 is 0. The van der Waals surface area contributed by atoms with Crippen molar-refractivity contribution in [3.05, 3.63) is 54.1 Å². The predicted molar refractivity (Wildman–Crippen MR) is 117 cm³/mol. The highest BCUT2D eigenvalue weighted by atomic mass is 32.2. The second kappa shape index (κ2) is 9.93. The van der Waals surface area contributed by atoms with Gasteiger partial charge < -0.3 is 15.0 Å². The number of benzene rings is 2. The van der Waals surface area contributed by atoms with Gasteiger partial charge in [-0.05, 0) is 48.4 Å². The lowest BCUT2D eigenvalue weighted by atomic mass is 10.1. The fourth-order valence-corrected chi connectivity index (χ4v) is 4.43. The van der Waals surface area contributed by atoms with Crippen molar-refractivity contribution in [2.75, 3.05) is 31.6 Å². The molecule has 0 aliphatic carbocycles. The van der Waals surface area contributed by atoms with Crippen LogP contribution in [-0.2, 0) is 26.0 Å². The summed E-state index contributed by atoms with van der Waals surface area (Å²) in [6.45, 7) is 2.55. The Morgan fingerprint density at radius 3 is 2.39 bits per heavy atom. The number of carbonyl (C=O) groups is 2. The number of methoxy groups -OCH3 is 1. The van der Waals surface area contributed by atoms with Crippen molar-refractivity contribution in [3.63, 3.8) is 0 Å². The van der Waals surface area contributed by atoms with E-state index in [-0.39, 0.29) is 36.2 Å². The maximum atomic E-state index is 12.5. The van der Waals surface area contributed by atoms with Crippen LogP contribution in [-0.4, -0.2) is 47.0 Å². The van der Waals surface area contributed by atoms with Gasteiger partial charge in [0.25, 0.3) is 0 Å². The van der Waals surface area contributed by atoms with Gasteiger partial charge in [0.05, 0.1) is 17.9 Å². The van der Waals surface area contributed by atoms with Gasteiger partial charge in [-0.2, -0.15) is 0 Å². The summed E-state index contributed by atoms with van der Waals surface area (Å²) in [6.07, 6.45) is 1.06. The quantitative estimate of drug-likeness (QED) is 0.572. The number of hydrogen-bond acceptors (Lipinski definition) is 5. The first-order chi connectivity index (χ1) is 14.8. The van der Waals surface area contributed by atoms with Gasteiger partial charge in [-0.25, -0.2) is 13.1 Å². The Morgan fingerprint density at radius 2 is 1.77 bits per heavy atom. The first-order valence-corrected chi connectivity index (χ1v) is 11.6. The van der Waals surface area contributed by atoms with Gasteiger partial charge in [-0.3, -0.25) is 9.59 Å². The number of hydrogen-bond donors (Lipinski definition) is 2. The molecule has 8 nitrogen and oxygen atoms in total. The first-order valence-electron chi connectivity index (χ1n) is 10.1. The van der Waals surface area contributed by atoms with E-state index in [1.54, 1.807) is 17.0 Å². The maximum absolute atomic E-state index is 12.5. The molecular formula is C22H27N3O5S. The summed E-state index contributed by atoms with van der Waals surface area (Å²) in [5, 5.41) is 2.71. The van der Waals surface area contributed by atoms with Crippen LogP contribution in [0.2, 0.25) is 0 Å². The molecule has 31 heavy (non-hydrogen) atoms. The number of sulfonamides is 1. The van der Waals surface area contributed by atoms with Crippen LogP contribution in [0.5, 0.6) is 5.75 Å². The average Bonchev–Trinajstić information content (AvgIpc) is 3.18. The van der Waals surface area contributed by atoms with Gasteiger partial charge in [-0.15, -0.1) is 0 Å². The topological polar surface area (TPSA) is 105 Å². The molecule has 1 saturated heterocycles. The minimum absolute atomic E-state index is 0.0446. The number of carbonyl (C=O) groups excluding carboxylic acids is 2. The van der Waals surface area contributed by atoms with Gasteiger partial charge in [-0.1, -0.05) is 19.1 Å². The molecule has 2 aromatic carbocycles. The van der Waals surface area contributed by atoms with Gasteiger partial charge in [0, 0.05) is 31.7 Å². The number of rotatable bonds is 9. The Labute approximate surface area is 182 Å². The number of ether oxygens (including phenoxy) is 1. The third-order valence-electron chi connectivity index (χ3n) is 5.24. The van der Waals surface area contributed by atoms with E-state index < -0.39 is 15.9 Å². The van der Waals surface area contributed by atoms with Crippen LogP contribution in [0.4, 0.5) is 5.69 Å². The molecule has 0 saturated carbocycles. The summed E-state index contributed by atoms with van der Waals surface area (Å²) in [7, 11) is -2.18. The highest BCUT2D eigenvalue weighted by molar-refractivity contribution is 7.89. The molecule has 9 heteroatoms. The Morgan fingerprint density at radius 1 is 1.10 bits per heavy atom. The van der Waals surface area contributed by atoms with Gasteiger partial charge in [0.2, 0.25) is 21.8 Å². The molecule has 166 valence electrons. The molecule has 1 unspecified atom stereocenters. The zero-order chi connectivity index (χ0) is 22.4. The zero-order valence-corrected chi connectivity index (χ0v) is 18.4. The lowest BCUT2D eigenvalue weighted by Gasteiger charge is -2.17. The van der Waals surface area contributed by atoms with Crippen LogP contribution in [0.3, 0.4) is 0 Å². The van der Waals surface area contributed by atoms with Gasteiger partial charge in [0.15, 0.2) is 0 Å². The maximum Gasteiger partial charge on any atom is 0.240 e. The second-order valence-corrected chi connectivity index (χ2v) is 9.06. The number of aryl methyl sites for hydroxylation is 1. The minimum Gasteiger partial charge on any atom is -0.497 e. The normalized spacial score (nSPS) is 16.4. The Kier molecular flexibility index (Phi) is 7.29. The van der Waals surface area contributed by atoms with Crippen LogP contribution in [0.1, 0.15) is 18.9 Å². The lowest BCUT2D eigenvalue weighted by molar-refractivity contribution is -0.126. The molecule has 1 atom stereocenters. The van der Waals surface area contributed by atoms with Crippen molar-refractivity contribution in [2.24, 2.45) is 5.92 Å². The van der Waals surface area contributed by atoms with Crippen LogP contribution in [0.15, 0.2) is 53.4 Å². The summed E-state index contributed by atoms with van der Waals surface area (Å²) in [6, 6.07) is 13.8. The number of amides is 2. The van der Waals surface area contributed by atoms with Crippen LogP contribution < -0.4 is 19.7 Å². The molecule has 1 heterocycles. The SMILES string of the molecule is CCc1ccc(N2CC(C(=O)NCCNS(=O)(=O)c3ccc(OC)cc3)CC2=O)cc1. The van der Waals surface area contributed by atoms with Crippen LogP contribution in [0.25, 0.3) is 0 Å². The molecule has 3 rings (SSSR count). The summed E-state index contributed by atoms with van der Waals surface area (Å²) in [4.78, 5) is 26.5. The number of anilines is 1. The Balaban J connectivity index is 1.47. The fourth-order valence-electron chi connectivity index (χ4n) is 3.40. The largest absolute Gasteiger partial charge is 0.497 e. The molecule has 1 aliphatic heterocycles. The van der Waals surface area contributed by atoms with Crippen molar-refractivity contribution >= 4 is 27.5 Å². The van der Waals surface area contributed by atoms with E-state index in [9.17, 15) is 18.0 Å². The zero-order valence-electron chi connectivity index (χ0n) is 17.6. The molecule has 0 bridgehead atoms. The van der Waals surface area contributed by atoms with E-state index in [1.165, 1.54) is 24.8 Å². The molecular weight excluding hydrogens is 418 g/mol. The van der Waals surface area contributed by atoms with Gasteiger partial charge in [0.1, 0.15) is 5.75 Å². The lowest BCUT2D eigenvalue weighted by Crippen LogP contribution is -2.38.